The molecule has 13 heteroatoms. The van der Waals surface area contributed by atoms with Gasteiger partial charge in [0.1, 0.15) is 5.75 Å². The van der Waals surface area contributed by atoms with Gasteiger partial charge in [0, 0.05) is 49.8 Å². The summed E-state index contributed by atoms with van der Waals surface area (Å²) in [7, 11) is 0. The lowest BCUT2D eigenvalue weighted by Gasteiger charge is -2.32. The molecule has 0 aliphatic carbocycles. The largest absolute Gasteiger partial charge is 0.513 e. The molecule has 13 nitrogen and oxygen atoms in total. The number of carbonyl (C=O) groups excluding carboxylic acids is 5. The van der Waals surface area contributed by atoms with Gasteiger partial charge in [0.05, 0.1) is 22.7 Å². The van der Waals surface area contributed by atoms with Gasteiger partial charge in [0.15, 0.2) is 0 Å². The Bertz CT molecular complexity index is 1330. The minimum atomic E-state index is -0.821. The van der Waals surface area contributed by atoms with E-state index >= 15 is 0 Å². The predicted octanol–water partition coefficient (Wildman–Crippen LogP) is 2.93. The highest BCUT2D eigenvalue weighted by molar-refractivity contribution is 6.21. The third-order valence-electron chi connectivity index (χ3n) is 6.70. The van der Waals surface area contributed by atoms with Crippen LogP contribution in [0.25, 0.3) is 0 Å². The van der Waals surface area contributed by atoms with Crippen LogP contribution in [-0.4, -0.2) is 76.8 Å². The summed E-state index contributed by atoms with van der Waals surface area (Å²) in [6, 6.07) is 9.52. The summed E-state index contributed by atoms with van der Waals surface area (Å²) >= 11 is 0. The first-order valence-corrected chi connectivity index (χ1v) is 12.9. The number of piperidine rings is 1. The molecule has 1 N–H and O–H groups in total. The van der Waals surface area contributed by atoms with Gasteiger partial charge in [-0.05, 0) is 56.5 Å². The van der Waals surface area contributed by atoms with Crippen LogP contribution in [0.5, 0.6) is 5.75 Å². The van der Waals surface area contributed by atoms with Crippen LogP contribution >= 0.6 is 0 Å². The van der Waals surface area contributed by atoms with E-state index in [1.165, 1.54) is 36.4 Å². The van der Waals surface area contributed by atoms with Gasteiger partial charge in [-0.3, -0.25) is 34.2 Å². The Morgan fingerprint density at radius 3 is 2.35 bits per heavy atom. The van der Waals surface area contributed by atoms with Gasteiger partial charge in [0.25, 0.3) is 23.4 Å². The molecule has 2 aliphatic heterocycles. The van der Waals surface area contributed by atoms with Crippen LogP contribution in [0, 0.1) is 10.1 Å². The summed E-state index contributed by atoms with van der Waals surface area (Å²) in [4.78, 5) is 74.9. The Hall–Kier alpha value is -4.81. The summed E-state index contributed by atoms with van der Waals surface area (Å²) in [6.07, 6.45) is 0.708. The van der Waals surface area contributed by atoms with Crippen molar-refractivity contribution in [2.75, 3.05) is 26.2 Å². The normalized spacial score (nSPS) is 15.0. The first-order chi connectivity index (χ1) is 19.2. The fourth-order valence-electron chi connectivity index (χ4n) is 4.60. The molecule has 0 saturated carbocycles. The van der Waals surface area contributed by atoms with Crippen molar-refractivity contribution in [3.8, 4) is 5.75 Å². The molecule has 210 valence electrons. The lowest BCUT2D eigenvalue weighted by Crippen LogP contribution is -2.46. The van der Waals surface area contributed by atoms with Crippen molar-refractivity contribution in [3.63, 3.8) is 0 Å². The number of non-ortho nitro benzene ring substituents is 1. The molecule has 40 heavy (non-hydrogen) atoms. The zero-order valence-corrected chi connectivity index (χ0v) is 21.8. The Morgan fingerprint density at radius 2 is 1.70 bits per heavy atom. The SMILES string of the molecule is CCOC(=O)Oc1ccc(C(=O)NC2CCN(C(=O)CCCN3C(=O)c4ccc([N+](=O)[O-])cc4C3=O)CC2)cc1. The van der Waals surface area contributed by atoms with Crippen LogP contribution in [0.2, 0.25) is 0 Å². The zero-order valence-electron chi connectivity index (χ0n) is 21.8. The van der Waals surface area contributed by atoms with Crippen molar-refractivity contribution in [1.29, 1.82) is 0 Å². The van der Waals surface area contributed by atoms with Crippen LogP contribution in [0.3, 0.4) is 0 Å². The molecule has 0 bridgehead atoms. The summed E-state index contributed by atoms with van der Waals surface area (Å²) in [5.74, 6) is -1.27. The van der Waals surface area contributed by atoms with E-state index in [9.17, 15) is 34.1 Å². The second kappa shape index (κ2) is 12.4. The number of rotatable bonds is 9. The highest BCUT2D eigenvalue weighted by atomic mass is 16.7. The molecule has 4 rings (SSSR count). The Morgan fingerprint density at radius 1 is 1.02 bits per heavy atom. The standard InChI is InChI=1S/C27H28N4O9/c1-2-39-27(36)40-20-8-5-17(6-9-20)24(33)28-18-11-14-29(15-12-18)23(32)4-3-13-30-25(34)21-10-7-19(31(37)38)16-22(21)26(30)35/h5-10,16,18H,2-4,11-15H2,1H3,(H,28,33). The lowest BCUT2D eigenvalue weighted by molar-refractivity contribution is -0.384. The van der Waals surface area contributed by atoms with Crippen LogP contribution in [0.15, 0.2) is 42.5 Å². The Labute approximate surface area is 229 Å². The van der Waals surface area contributed by atoms with E-state index < -0.39 is 22.9 Å². The fourth-order valence-corrected chi connectivity index (χ4v) is 4.60. The fraction of sp³-hybridized carbons (Fsp3) is 0.370. The van der Waals surface area contributed by atoms with Gasteiger partial charge in [-0.1, -0.05) is 0 Å². The van der Waals surface area contributed by atoms with Crippen molar-refractivity contribution < 1.29 is 38.4 Å². The average molecular weight is 553 g/mol. The number of ether oxygens (including phenoxy) is 2. The molecule has 0 unspecified atom stereocenters. The van der Waals surface area contributed by atoms with Gasteiger partial charge in [-0.2, -0.15) is 0 Å². The number of fused-ring (bicyclic) bond motifs is 1. The molecule has 2 aromatic rings. The predicted molar refractivity (Wildman–Crippen MR) is 139 cm³/mol. The van der Waals surface area contributed by atoms with Crippen molar-refractivity contribution in [3.05, 3.63) is 69.3 Å². The van der Waals surface area contributed by atoms with Gasteiger partial charge in [0.2, 0.25) is 5.91 Å². The Balaban J connectivity index is 1.19. The zero-order chi connectivity index (χ0) is 28.8. The van der Waals surface area contributed by atoms with Crippen LogP contribution in [0.1, 0.15) is 63.7 Å². The topological polar surface area (TPSA) is 165 Å². The second-order valence-corrected chi connectivity index (χ2v) is 9.29. The first-order valence-electron chi connectivity index (χ1n) is 12.9. The quantitative estimate of drug-likeness (QED) is 0.162. The molecule has 1 saturated heterocycles. The van der Waals surface area contributed by atoms with Gasteiger partial charge >= 0.3 is 6.16 Å². The summed E-state index contributed by atoms with van der Waals surface area (Å²) < 4.78 is 9.69. The highest BCUT2D eigenvalue weighted by Gasteiger charge is 2.36. The molecule has 0 atom stereocenters. The third kappa shape index (κ3) is 6.42. The molecular weight excluding hydrogens is 524 g/mol. The molecule has 2 aliphatic rings. The molecule has 0 aromatic heterocycles. The van der Waals surface area contributed by atoms with Crippen LogP contribution < -0.4 is 10.1 Å². The first kappa shape index (κ1) is 28.2. The number of hydrogen-bond acceptors (Lipinski definition) is 9. The van der Waals surface area contributed by atoms with Gasteiger partial charge in [-0.15, -0.1) is 0 Å². The number of imide groups is 1. The maximum atomic E-state index is 12.7. The molecule has 0 radical (unpaired) electrons. The van der Waals surface area contributed by atoms with E-state index in [2.05, 4.69) is 5.32 Å². The average Bonchev–Trinajstić information content (AvgIpc) is 3.18. The monoisotopic (exact) mass is 552 g/mol. The van der Waals surface area contributed by atoms with E-state index in [1.807, 2.05) is 0 Å². The number of hydrogen-bond donors (Lipinski definition) is 1. The van der Waals surface area contributed by atoms with E-state index in [0.29, 0.717) is 31.5 Å². The number of benzene rings is 2. The maximum Gasteiger partial charge on any atom is 0.513 e. The maximum absolute atomic E-state index is 12.7. The van der Waals surface area contributed by atoms with Crippen molar-refractivity contribution in [2.24, 2.45) is 0 Å². The van der Waals surface area contributed by atoms with Crippen LogP contribution in [-0.2, 0) is 9.53 Å². The van der Waals surface area contributed by atoms with Crippen LogP contribution in [0.4, 0.5) is 10.5 Å². The minimum Gasteiger partial charge on any atom is -0.434 e. The van der Waals surface area contributed by atoms with E-state index in [-0.39, 0.29) is 66.4 Å². The number of amides is 4. The van der Waals surface area contributed by atoms with E-state index in [1.54, 1.807) is 11.8 Å². The molecule has 2 heterocycles. The van der Waals surface area contributed by atoms with Gasteiger partial charge < -0.3 is 19.7 Å². The smallest absolute Gasteiger partial charge is 0.434 e. The Kier molecular flexibility index (Phi) is 8.72. The number of likely N-dealkylation sites (tertiary alicyclic amines) is 1. The number of nitro groups is 1. The van der Waals surface area contributed by atoms with Crippen molar-refractivity contribution in [2.45, 2.75) is 38.6 Å². The highest BCUT2D eigenvalue weighted by Crippen LogP contribution is 2.27. The third-order valence-corrected chi connectivity index (χ3v) is 6.70. The van der Waals surface area contributed by atoms with Crippen molar-refractivity contribution >= 4 is 35.5 Å². The molecule has 0 spiro atoms. The molecule has 2 aromatic carbocycles. The molecular formula is C27H28N4O9. The lowest BCUT2D eigenvalue weighted by atomic mass is 10.0. The minimum absolute atomic E-state index is 0.00408. The number of nitro benzene ring substituents is 1. The summed E-state index contributed by atoms with van der Waals surface area (Å²) in [5.41, 5.74) is 0.245. The number of nitrogens with one attached hydrogen (secondary N) is 1. The van der Waals surface area contributed by atoms with Gasteiger partial charge in [-0.25, -0.2) is 4.79 Å². The summed E-state index contributed by atoms with van der Waals surface area (Å²) in [6.45, 7) is 2.78. The van der Waals surface area contributed by atoms with E-state index in [0.717, 1.165) is 11.0 Å². The summed E-state index contributed by atoms with van der Waals surface area (Å²) in [5, 5.41) is 13.9. The molecule has 1 fully saturated rings. The number of carbonyl (C=O) groups is 5. The van der Waals surface area contributed by atoms with E-state index in [4.69, 9.17) is 9.47 Å². The van der Waals surface area contributed by atoms with Crippen molar-refractivity contribution in [1.82, 2.24) is 15.1 Å². The number of nitrogens with zero attached hydrogens (tertiary/aromatic N) is 3. The molecule has 4 amide bonds. The second-order valence-electron chi connectivity index (χ2n) is 9.29.